The Balaban J connectivity index is 1.14. The minimum Gasteiger partial charge on any atom is -0.228 e. The van der Waals surface area contributed by atoms with Gasteiger partial charge in [0.05, 0.1) is 34.2 Å². The number of hydrogen-bond acceptors (Lipinski definition) is 5. The third-order valence-electron chi connectivity index (χ3n) is 9.86. The van der Waals surface area contributed by atoms with Gasteiger partial charge in [-0.2, -0.15) is 5.26 Å². The third kappa shape index (κ3) is 6.65. The van der Waals surface area contributed by atoms with E-state index in [1.165, 1.54) is 0 Å². The fourth-order valence-corrected chi connectivity index (χ4v) is 7.12. The van der Waals surface area contributed by atoms with Crippen LogP contribution >= 0.6 is 0 Å². The predicted octanol–water partition coefficient (Wildman–Crippen LogP) is 12.3. The molecule has 0 unspecified atom stereocenters. The van der Waals surface area contributed by atoms with Gasteiger partial charge in [0.2, 0.25) is 0 Å². The molecule has 0 amide bonds. The van der Waals surface area contributed by atoms with Gasteiger partial charge in [0, 0.05) is 38.8 Å². The van der Waals surface area contributed by atoms with Crippen molar-refractivity contribution < 1.29 is 0 Å². The summed E-state index contributed by atoms with van der Waals surface area (Å²) in [4.78, 5) is 20.2. The number of nitriles is 1. The Hall–Kier alpha value is -7.55. The molecular formula is C50H33N5. The summed E-state index contributed by atoms with van der Waals surface area (Å²) in [5.41, 5.74) is 13.9. The van der Waals surface area contributed by atoms with Crippen molar-refractivity contribution in [1.29, 1.82) is 5.26 Å². The van der Waals surface area contributed by atoms with Gasteiger partial charge in [0.15, 0.2) is 11.6 Å². The molecule has 5 heteroatoms. The number of aromatic nitrogens is 4. The topological polar surface area (TPSA) is 75.3 Å². The Morgan fingerprint density at radius 3 is 1.36 bits per heavy atom. The first-order valence-electron chi connectivity index (χ1n) is 18.2. The first-order chi connectivity index (χ1) is 27.1. The smallest absolute Gasteiger partial charge is 0.160 e. The molecule has 0 aliphatic heterocycles. The molecule has 0 fully saturated rings. The molecule has 7 aromatic carbocycles. The van der Waals surface area contributed by atoms with Crippen molar-refractivity contribution in [3.8, 4) is 84.9 Å². The molecule has 55 heavy (non-hydrogen) atoms. The maximum Gasteiger partial charge on any atom is 0.160 e. The lowest BCUT2D eigenvalue weighted by molar-refractivity contribution is 1.15. The lowest BCUT2D eigenvalue weighted by Crippen LogP contribution is -2.00. The number of nitrogens with zero attached hydrogens (tertiary/aromatic N) is 5. The molecule has 258 valence electrons. The number of fused-ring (bicyclic) bond motifs is 1. The summed E-state index contributed by atoms with van der Waals surface area (Å²) in [6.07, 6.45) is 0. The summed E-state index contributed by atoms with van der Waals surface area (Å²) >= 11 is 0. The van der Waals surface area contributed by atoms with Gasteiger partial charge in [-0.1, -0.05) is 146 Å². The van der Waals surface area contributed by atoms with Crippen molar-refractivity contribution >= 4 is 10.9 Å². The molecule has 2 aromatic heterocycles. The minimum atomic E-state index is 0.582. The highest BCUT2D eigenvalue weighted by Gasteiger charge is 2.17. The average Bonchev–Trinajstić information content (AvgIpc) is 3.27. The maximum absolute atomic E-state index is 10.2. The zero-order valence-corrected chi connectivity index (χ0v) is 30.1. The molecule has 0 radical (unpaired) electrons. The molecule has 2 heterocycles. The van der Waals surface area contributed by atoms with Crippen LogP contribution < -0.4 is 0 Å². The second-order valence-corrected chi connectivity index (χ2v) is 13.5. The van der Waals surface area contributed by atoms with E-state index in [2.05, 4.69) is 85.8 Å². The second kappa shape index (κ2) is 14.5. The van der Waals surface area contributed by atoms with E-state index in [0.29, 0.717) is 17.2 Å². The summed E-state index contributed by atoms with van der Waals surface area (Å²) in [6, 6.07) is 63.8. The standard InChI is InChI=1S/C50H33N5/c1-33-46(35-15-5-2-6-16-35)53-50(37-19-9-4-10-20-37)54-47(33)40-23-13-21-38(29-40)42-27-34(32-51)28-43(31-42)39-22-14-24-41(30-39)48-44-25-11-12-26-45(44)52-49(55-48)36-17-7-3-8-18-36/h2-31H,1H3. The van der Waals surface area contributed by atoms with Crippen molar-refractivity contribution in [3.63, 3.8) is 0 Å². The normalized spacial score (nSPS) is 11.0. The lowest BCUT2D eigenvalue weighted by Gasteiger charge is -2.15. The van der Waals surface area contributed by atoms with Gasteiger partial charge >= 0.3 is 0 Å². The van der Waals surface area contributed by atoms with E-state index in [-0.39, 0.29) is 0 Å². The van der Waals surface area contributed by atoms with Crippen LogP contribution in [-0.4, -0.2) is 19.9 Å². The van der Waals surface area contributed by atoms with E-state index in [9.17, 15) is 5.26 Å². The fraction of sp³-hybridized carbons (Fsp3) is 0.0200. The Morgan fingerprint density at radius 2 is 0.782 bits per heavy atom. The highest BCUT2D eigenvalue weighted by Crippen LogP contribution is 2.37. The quantitative estimate of drug-likeness (QED) is 0.165. The third-order valence-corrected chi connectivity index (χ3v) is 9.86. The molecule has 0 saturated carbocycles. The Bertz CT molecular complexity index is 2880. The highest BCUT2D eigenvalue weighted by atomic mass is 14.9. The minimum absolute atomic E-state index is 0.582. The summed E-state index contributed by atoms with van der Waals surface area (Å²) in [5.74, 6) is 1.35. The summed E-state index contributed by atoms with van der Waals surface area (Å²) < 4.78 is 0. The number of para-hydroxylation sites is 1. The predicted molar refractivity (Wildman–Crippen MR) is 223 cm³/mol. The van der Waals surface area contributed by atoms with Crippen LogP contribution in [0.2, 0.25) is 0 Å². The number of benzene rings is 7. The van der Waals surface area contributed by atoms with Crippen LogP contribution in [0.4, 0.5) is 0 Å². The molecule has 0 aliphatic rings. The number of rotatable bonds is 7. The van der Waals surface area contributed by atoms with Gasteiger partial charge in [0.25, 0.3) is 0 Å². The van der Waals surface area contributed by atoms with E-state index in [1.807, 2.05) is 109 Å². The van der Waals surface area contributed by atoms with Gasteiger partial charge in [-0.25, -0.2) is 19.9 Å². The van der Waals surface area contributed by atoms with E-state index in [4.69, 9.17) is 19.9 Å². The van der Waals surface area contributed by atoms with Crippen molar-refractivity contribution in [3.05, 3.63) is 193 Å². The van der Waals surface area contributed by atoms with Gasteiger partial charge in [-0.05, 0) is 65.6 Å². The largest absolute Gasteiger partial charge is 0.228 e. The van der Waals surface area contributed by atoms with Gasteiger partial charge in [0.1, 0.15) is 0 Å². The molecule has 5 nitrogen and oxygen atoms in total. The molecule has 0 N–H and O–H groups in total. The second-order valence-electron chi connectivity index (χ2n) is 13.5. The fourth-order valence-electron chi connectivity index (χ4n) is 7.12. The summed E-state index contributed by atoms with van der Waals surface area (Å²) in [6.45, 7) is 2.09. The summed E-state index contributed by atoms with van der Waals surface area (Å²) in [5, 5.41) is 11.2. The Kier molecular flexibility index (Phi) is 8.76. The van der Waals surface area contributed by atoms with Crippen LogP contribution in [0.1, 0.15) is 11.1 Å². The van der Waals surface area contributed by atoms with Crippen LogP contribution in [0.25, 0.3) is 89.7 Å². The molecule has 9 rings (SSSR count). The van der Waals surface area contributed by atoms with Crippen molar-refractivity contribution in [2.45, 2.75) is 6.92 Å². The maximum atomic E-state index is 10.2. The van der Waals surface area contributed by atoms with Gasteiger partial charge < -0.3 is 0 Å². The molecule has 0 atom stereocenters. The van der Waals surface area contributed by atoms with Crippen molar-refractivity contribution in [2.24, 2.45) is 0 Å². The SMILES string of the molecule is Cc1c(-c2ccccc2)nc(-c2ccccc2)nc1-c1cccc(-c2cc(C#N)cc(-c3cccc(-c4nc(-c5ccccc5)nc5ccccc45)c3)c2)c1. The van der Waals surface area contributed by atoms with Crippen LogP contribution in [0.3, 0.4) is 0 Å². The molecule has 9 aromatic rings. The van der Waals surface area contributed by atoms with Crippen LogP contribution in [-0.2, 0) is 0 Å². The van der Waals surface area contributed by atoms with Crippen LogP contribution in [0, 0.1) is 18.3 Å². The Morgan fingerprint density at radius 1 is 0.364 bits per heavy atom. The van der Waals surface area contributed by atoms with Crippen molar-refractivity contribution in [2.75, 3.05) is 0 Å². The zero-order chi connectivity index (χ0) is 37.1. The molecular weight excluding hydrogens is 671 g/mol. The molecule has 0 saturated heterocycles. The van der Waals surface area contributed by atoms with Crippen LogP contribution in [0.5, 0.6) is 0 Å². The van der Waals surface area contributed by atoms with Gasteiger partial charge in [-0.15, -0.1) is 0 Å². The average molecular weight is 704 g/mol. The Labute approximate surface area is 320 Å². The first-order valence-corrected chi connectivity index (χ1v) is 18.2. The first kappa shape index (κ1) is 33.3. The van der Waals surface area contributed by atoms with Crippen molar-refractivity contribution in [1.82, 2.24) is 19.9 Å². The lowest BCUT2D eigenvalue weighted by atomic mass is 9.93. The number of hydrogen-bond donors (Lipinski definition) is 0. The van der Waals surface area contributed by atoms with E-state index in [0.717, 1.165) is 83.6 Å². The molecule has 0 aliphatic carbocycles. The monoisotopic (exact) mass is 703 g/mol. The van der Waals surface area contributed by atoms with E-state index in [1.54, 1.807) is 0 Å². The highest BCUT2D eigenvalue weighted by molar-refractivity contribution is 5.94. The van der Waals surface area contributed by atoms with Gasteiger partial charge in [-0.3, -0.25) is 0 Å². The van der Waals surface area contributed by atoms with E-state index >= 15 is 0 Å². The summed E-state index contributed by atoms with van der Waals surface area (Å²) in [7, 11) is 0. The molecule has 0 spiro atoms. The van der Waals surface area contributed by atoms with Crippen LogP contribution in [0.15, 0.2) is 182 Å². The van der Waals surface area contributed by atoms with E-state index < -0.39 is 0 Å². The zero-order valence-electron chi connectivity index (χ0n) is 30.1. The molecule has 0 bridgehead atoms.